The molecule has 1 aliphatic heterocycles. The van der Waals surface area contributed by atoms with Gasteiger partial charge in [0.2, 0.25) is 0 Å². The Labute approximate surface area is 84.9 Å². The van der Waals surface area contributed by atoms with Crippen LogP contribution in [0.15, 0.2) is 12.1 Å². The lowest BCUT2D eigenvalue weighted by atomic mass is 10.0. The van der Waals surface area contributed by atoms with Gasteiger partial charge in [-0.15, -0.1) is 0 Å². The van der Waals surface area contributed by atoms with E-state index in [1.54, 1.807) is 11.8 Å². The average Bonchev–Trinajstić information content (AvgIpc) is 2.09. The highest BCUT2D eigenvalue weighted by atomic mass is 35.5. The van der Waals surface area contributed by atoms with Crippen LogP contribution < -0.4 is 0 Å². The van der Waals surface area contributed by atoms with E-state index in [4.69, 9.17) is 11.6 Å². The van der Waals surface area contributed by atoms with Crippen LogP contribution in [-0.4, -0.2) is 10.9 Å². The first kappa shape index (κ1) is 9.31. The molecule has 1 N–H and O–H groups in total. The maximum absolute atomic E-state index is 13.0. The molecule has 1 aromatic rings. The number of aliphatic hydroxyl groups excluding tert-OH is 1. The monoisotopic (exact) mass is 218 g/mol. The third-order valence-corrected chi connectivity index (χ3v) is 3.43. The first-order chi connectivity index (χ1) is 6.18. The maximum Gasteiger partial charge on any atom is 0.142 e. The minimum atomic E-state index is -0.508. The van der Waals surface area contributed by atoms with Crippen LogP contribution in [0, 0.1) is 5.82 Å². The molecule has 0 radical (unpaired) electrons. The number of hydrogen-bond acceptors (Lipinski definition) is 2. The van der Waals surface area contributed by atoms with E-state index in [-0.39, 0.29) is 5.02 Å². The molecule has 0 saturated carbocycles. The van der Waals surface area contributed by atoms with Gasteiger partial charge in [-0.2, -0.15) is 11.8 Å². The number of benzene rings is 1. The van der Waals surface area contributed by atoms with E-state index in [1.165, 1.54) is 12.1 Å². The second kappa shape index (κ2) is 3.48. The van der Waals surface area contributed by atoms with Crippen molar-refractivity contribution >= 4 is 23.4 Å². The molecule has 0 amide bonds. The molecule has 1 aliphatic rings. The molecule has 13 heavy (non-hydrogen) atoms. The van der Waals surface area contributed by atoms with Crippen molar-refractivity contribution in [2.45, 2.75) is 11.9 Å². The fourth-order valence-corrected chi connectivity index (χ4v) is 2.57. The Balaban J connectivity index is 2.52. The zero-order valence-electron chi connectivity index (χ0n) is 6.76. The predicted molar refractivity (Wildman–Crippen MR) is 52.5 cm³/mol. The molecule has 4 heteroatoms. The summed E-state index contributed by atoms with van der Waals surface area (Å²) in [5.74, 6) is 1.00. The summed E-state index contributed by atoms with van der Waals surface area (Å²) in [4.78, 5) is 0. The van der Waals surface area contributed by atoms with E-state index in [9.17, 15) is 9.50 Å². The fourth-order valence-electron chi connectivity index (χ4n) is 1.41. The smallest absolute Gasteiger partial charge is 0.142 e. The number of aliphatic hydroxyl groups is 1. The predicted octanol–water partition coefficient (Wildman–Crippen LogP) is 2.76. The Morgan fingerprint density at radius 3 is 3.08 bits per heavy atom. The number of hydrogen-bond donors (Lipinski definition) is 1. The molecule has 0 aliphatic carbocycles. The van der Waals surface area contributed by atoms with E-state index in [0.717, 1.165) is 16.9 Å². The van der Waals surface area contributed by atoms with Crippen LogP contribution in [0.25, 0.3) is 0 Å². The number of thioether (sulfide) groups is 1. The molecule has 1 heterocycles. The quantitative estimate of drug-likeness (QED) is 0.723. The van der Waals surface area contributed by atoms with Crippen molar-refractivity contribution in [3.05, 3.63) is 34.1 Å². The zero-order valence-corrected chi connectivity index (χ0v) is 8.33. The summed E-state index contributed by atoms with van der Waals surface area (Å²) in [5, 5.41) is 9.66. The van der Waals surface area contributed by atoms with Crippen LogP contribution >= 0.6 is 23.4 Å². The molecule has 70 valence electrons. The molecule has 1 nitrogen and oxygen atoms in total. The van der Waals surface area contributed by atoms with Gasteiger partial charge in [0.15, 0.2) is 0 Å². The van der Waals surface area contributed by atoms with Gasteiger partial charge in [-0.3, -0.25) is 0 Å². The zero-order chi connectivity index (χ0) is 9.42. The number of rotatable bonds is 0. The molecular weight excluding hydrogens is 211 g/mol. The van der Waals surface area contributed by atoms with Gasteiger partial charge in [-0.1, -0.05) is 11.6 Å². The Hall–Kier alpha value is -0.250. The Bertz CT molecular complexity index is 343. The minimum absolute atomic E-state index is 0.0877. The van der Waals surface area contributed by atoms with Crippen molar-refractivity contribution in [3.8, 4) is 0 Å². The molecule has 1 aromatic carbocycles. The van der Waals surface area contributed by atoms with E-state index >= 15 is 0 Å². The molecule has 0 aromatic heterocycles. The first-order valence-corrected chi connectivity index (χ1v) is 5.45. The Kier molecular flexibility index (Phi) is 2.49. The van der Waals surface area contributed by atoms with Gasteiger partial charge in [-0.25, -0.2) is 4.39 Å². The molecule has 2 rings (SSSR count). The van der Waals surface area contributed by atoms with Crippen molar-refractivity contribution in [2.24, 2.45) is 0 Å². The lowest BCUT2D eigenvalue weighted by molar-refractivity contribution is 0.201. The summed E-state index contributed by atoms with van der Waals surface area (Å²) in [7, 11) is 0. The molecule has 0 bridgehead atoms. The van der Waals surface area contributed by atoms with Crippen LogP contribution in [0.3, 0.4) is 0 Å². The fraction of sp³-hybridized carbons (Fsp3) is 0.333. The minimum Gasteiger partial charge on any atom is -0.388 e. The Morgan fingerprint density at radius 1 is 1.54 bits per heavy atom. The van der Waals surface area contributed by atoms with Crippen LogP contribution in [0.4, 0.5) is 4.39 Å². The van der Waals surface area contributed by atoms with Gasteiger partial charge < -0.3 is 5.11 Å². The van der Waals surface area contributed by atoms with Crippen molar-refractivity contribution in [2.75, 3.05) is 5.75 Å². The number of halogens is 2. The van der Waals surface area contributed by atoms with E-state index in [0.29, 0.717) is 5.75 Å². The van der Waals surface area contributed by atoms with Gasteiger partial charge in [0.1, 0.15) is 5.82 Å². The van der Waals surface area contributed by atoms with E-state index < -0.39 is 11.9 Å². The summed E-state index contributed by atoms with van der Waals surface area (Å²) in [6, 6.07) is 2.93. The van der Waals surface area contributed by atoms with Crippen LogP contribution in [0.2, 0.25) is 5.02 Å². The van der Waals surface area contributed by atoms with Gasteiger partial charge in [0.25, 0.3) is 0 Å². The first-order valence-electron chi connectivity index (χ1n) is 3.92. The van der Waals surface area contributed by atoms with Crippen molar-refractivity contribution < 1.29 is 9.50 Å². The highest BCUT2D eigenvalue weighted by Crippen LogP contribution is 2.34. The molecule has 0 saturated heterocycles. The molecule has 0 spiro atoms. The van der Waals surface area contributed by atoms with Gasteiger partial charge >= 0.3 is 0 Å². The highest BCUT2D eigenvalue weighted by molar-refractivity contribution is 7.98. The largest absolute Gasteiger partial charge is 0.388 e. The lowest BCUT2D eigenvalue weighted by Gasteiger charge is -2.21. The van der Waals surface area contributed by atoms with Gasteiger partial charge in [-0.05, 0) is 23.3 Å². The normalized spacial score (nSPS) is 21.3. The summed E-state index contributed by atoms with van der Waals surface area (Å²) < 4.78 is 13.0. The van der Waals surface area contributed by atoms with Crippen molar-refractivity contribution in [1.82, 2.24) is 0 Å². The molecular formula is C9H8ClFOS. The molecule has 0 fully saturated rings. The van der Waals surface area contributed by atoms with Gasteiger partial charge in [0, 0.05) is 11.5 Å². The van der Waals surface area contributed by atoms with Crippen molar-refractivity contribution in [3.63, 3.8) is 0 Å². The third-order valence-electron chi connectivity index (χ3n) is 2.07. The lowest BCUT2D eigenvalue weighted by Crippen LogP contribution is -2.10. The summed E-state index contributed by atoms with van der Waals surface area (Å²) in [6.45, 7) is 0. The Morgan fingerprint density at radius 2 is 2.31 bits per heavy atom. The van der Waals surface area contributed by atoms with Crippen LogP contribution in [0.5, 0.6) is 0 Å². The van der Waals surface area contributed by atoms with Crippen LogP contribution in [-0.2, 0) is 5.75 Å². The topological polar surface area (TPSA) is 20.2 Å². The summed E-state index contributed by atoms with van der Waals surface area (Å²) >= 11 is 7.22. The number of fused-ring (bicyclic) bond motifs is 1. The maximum atomic E-state index is 13.0. The average molecular weight is 219 g/mol. The van der Waals surface area contributed by atoms with Crippen LogP contribution in [0.1, 0.15) is 17.2 Å². The van der Waals surface area contributed by atoms with Gasteiger partial charge in [0.05, 0.1) is 11.1 Å². The second-order valence-electron chi connectivity index (χ2n) is 3.00. The van der Waals surface area contributed by atoms with Crippen molar-refractivity contribution in [1.29, 1.82) is 0 Å². The SMILES string of the molecule is OC1CSCc2cc(F)c(Cl)cc21. The standard InChI is InChI=1S/C9H8ClFOS/c10-7-2-6-5(1-8(7)11)3-13-4-9(6)12/h1-2,9,12H,3-4H2. The second-order valence-corrected chi connectivity index (χ2v) is 4.43. The third kappa shape index (κ3) is 1.68. The highest BCUT2D eigenvalue weighted by Gasteiger charge is 2.19. The summed E-state index contributed by atoms with van der Waals surface area (Å²) in [6.07, 6.45) is -0.508. The summed E-state index contributed by atoms with van der Waals surface area (Å²) in [5.41, 5.74) is 1.62. The molecule has 1 unspecified atom stereocenters. The molecule has 1 atom stereocenters. The van der Waals surface area contributed by atoms with E-state index in [2.05, 4.69) is 0 Å². The van der Waals surface area contributed by atoms with E-state index in [1.807, 2.05) is 0 Å².